The minimum absolute atomic E-state index is 1.64. The van der Waals surface area contributed by atoms with Crippen LogP contribution in [-0.4, -0.2) is 47.5 Å². The molecule has 0 aromatic heterocycles. The normalized spacial score (nSPS) is 15.4. The number of carboxylic acids is 2. The number of aliphatic carboxylic acids is 2. The van der Waals surface area contributed by atoms with Gasteiger partial charge in [0.25, 0.3) is 8.05 Å². The molecule has 0 saturated carbocycles. The first-order valence-electron chi connectivity index (χ1n) is 2.50. The molecule has 60 valence electrons. The van der Waals surface area contributed by atoms with Crippen LogP contribution in [0.1, 0.15) is 0 Å². The summed E-state index contributed by atoms with van der Waals surface area (Å²) < 4.78 is 3.70. The Morgan fingerprint density at radius 2 is 1.73 bits per heavy atom. The molecule has 0 aromatic rings. The van der Waals surface area contributed by atoms with Crippen molar-refractivity contribution in [2.45, 2.75) is 12.2 Å². The lowest BCUT2D eigenvalue weighted by Gasteiger charge is -2.13. The molecule has 6 nitrogen and oxygen atoms in total. The predicted molar refractivity (Wildman–Crippen MR) is 31.9 cm³/mol. The molecule has 0 heterocycles. The lowest BCUT2D eigenvalue weighted by Crippen LogP contribution is -2.41. The summed E-state index contributed by atoms with van der Waals surface area (Å²) in [5, 5.41) is 24.8. The lowest BCUT2D eigenvalue weighted by molar-refractivity contribution is -0.163. The third-order valence-electron chi connectivity index (χ3n) is 0.930. The summed E-state index contributed by atoms with van der Waals surface area (Å²) in [5.74, 6) is -3.34. The first-order chi connectivity index (χ1) is 5.00. The zero-order valence-corrected chi connectivity index (χ0v) is 5.30. The molecule has 0 aliphatic heterocycles. The molecule has 0 aromatic carbocycles. The summed E-state index contributed by atoms with van der Waals surface area (Å²) in [4.78, 5) is 20.0. The van der Waals surface area contributed by atoms with Crippen LogP contribution in [0.15, 0.2) is 0 Å². The molecule has 2 atom stereocenters. The molecule has 7 heteroatoms. The Hall–Kier alpha value is -1.08. The molecule has 11 heavy (non-hydrogen) atoms. The Morgan fingerprint density at radius 3 is 1.82 bits per heavy atom. The Balaban J connectivity index is 4.25. The fourth-order valence-corrected chi connectivity index (χ4v) is 0.397. The molecule has 0 bridgehead atoms. The molecule has 3 N–H and O–H groups in total. The summed E-state index contributed by atoms with van der Waals surface area (Å²) >= 11 is 0. The molecule has 0 fully saturated rings. The van der Waals surface area contributed by atoms with Gasteiger partial charge in [0.1, 0.15) is 0 Å². The lowest BCUT2D eigenvalue weighted by atomic mass is 10.2. The SMILES string of the molecule is [B]OC(C(=O)O)C(O)C(=O)O. The molecule has 2 radical (unpaired) electrons. The summed E-state index contributed by atoms with van der Waals surface area (Å²) in [6.45, 7) is 0. The molecule has 0 aliphatic rings. The van der Waals surface area contributed by atoms with Crippen molar-refractivity contribution in [3.63, 3.8) is 0 Å². The van der Waals surface area contributed by atoms with E-state index in [0.717, 1.165) is 0 Å². The Bertz CT molecular complexity index is 168. The molecular weight excluding hydrogens is 155 g/mol. The molecule has 0 amide bonds. The Labute approximate surface area is 62.8 Å². The number of aliphatic hydroxyl groups excluding tert-OH is 1. The van der Waals surface area contributed by atoms with Gasteiger partial charge in [0.05, 0.1) is 0 Å². The molecule has 0 spiro atoms. The van der Waals surface area contributed by atoms with E-state index >= 15 is 0 Å². The maximum absolute atomic E-state index is 10.0. The van der Waals surface area contributed by atoms with Crippen LogP contribution in [0.3, 0.4) is 0 Å². The first kappa shape index (κ1) is 9.92. The van der Waals surface area contributed by atoms with Crippen LogP contribution in [0.5, 0.6) is 0 Å². The number of aliphatic hydroxyl groups is 1. The van der Waals surface area contributed by atoms with Gasteiger partial charge < -0.3 is 20.0 Å². The second-order valence-electron chi connectivity index (χ2n) is 1.68. The first-order valence-corrected chi connectivity index (χ1v) is 2.50. The van der Waals surface area contributed by atoms with E-state index in [1.54, 1.807) is 0 Å². The van der Waals surface area contributed by atoms with E-state index in [1.165, 1.54) is 0 Å². The van der Waals surface area contributed by atoms with Gasteiger partial charge in [0.2, 0.25) is 0 Å². The number of hydrogen-bond donors (Lipinski definition) is 3. The van der Waals surface area contributed by atoms with Gasteiger partial charge in [-0.3, -0.25) is 0 Å². The third kappa shape index (κ3) is 2.56. The fourth-order valence-electron chi connectivity index (χ4n) is 0.397. The Kier molecular flexibility index (Phi) is 3.56. The van der Waals surface area contributed by atoms with E-state index in [4.69, 9.17) is 15.3 Å². The van der Waals surface area contributed by atoms with E-state index in [-0.39, 0.29) is 0 Å². The van der Waals surface area contributed by atoms with E-state index in [0.29, 0.717) is 0 Å². The van der Waals surface area contributed by atoms with Gasteiger partial charge in [-0.25, -0.2) is 9.59 Å². The van der Waals surface area contributed by atoms with Crippen molar-refractivity contribution in [1.29, 1.82) is 0 Å². The highest BCUT2D eigenvalue weighted by Gasteiger charge is 2.31. The largest absolute Gasteiger partial charge is 0.479 e. The Morgan fingerprint density at radius 1 is 1.27 bits per heavy atom. The fraction of sp³-hybridized carbons (Fsp3) is 0.500. The maximum Gasteiger partial charge on any atom is 0.335 e. The van der Waals surface area contributed by atoms with Crippen LogP contribution in [0.25, 0.3) is 0 Å². The molecule has 0 aliphatic carbocycles. The van der Waals surface area contributed by atoms with Gasteiger partial charge in [-0.1, -0.05) is 0 Å². The van der Waals surface area contributed by atoms with Crippen LogP contribution in [0.2, 0.25) is 0 Å². The maximum atomic E-state index is 10.0. The van der Waals surface area contributed by atoms with E-state index in [2.05, 4.69) is 12.7 Å². The zero-order chi connectivity index (χ0) is 9.02. The second-order valence-corrected chi connectivity index (χ2v) is 1.68. The van der Waals surface area contributed by atoms with Crippen molar-refractivity contribution in [3.8, 4) is 0 Å². The number of rotatable bonds is 4. The highest BCUT2D eigenvalue weighted by Crippen LogP contribution is 1.97. The third-order valence-corrected chi connectivity index (χ3v) is 0.930. The van der Waals surface area contributed by atoms with Crippen molar-refractivity contribution < 1.29 is 29.6 Å². The van der Waals surface area contributed by atoms with Gasteiger partial charge in [-0.05, 0) is 0 Å². The topological polar surface area (TPSA) is 104 Å². The average Bonchev–Trinajstić information content (AvgIpc) is 1.88. The highest BCUT2D eigenvalue weighted by atomic mass is 16.5. The standard InChI is InChI=1S/C4H5BO6/c5-11-2(4(9)10)1(6)3(7)8/h1-2,6H,(H,7,8)(H,9,10). The summed E-state index contributed by atoms with van der Waals surface area (Å²) in [5.41, 5.74) is 0. The van der Waals surface area contributed by atoms with E-state index in [9.17, 15) is 9.59 Å². The second kappa shape index (κ2) is 3.94. The summed E-state index contributed by atoms with van der Waals surface area (Å²) in [6, 6.07) is 0. The van der Waals surface area contributed by atoms with Crippen molar-refractivity contribution in [2.24, 2.45) is 0 Å². The van der Waals surface area contributed by atoms with Crippen molar-refractivity contribution in [1.82, 2.24) is 0 Å². The van der Waals surface area contributed by atoms with Crippen LogP contribution < -0.4 is 0 Å². The van der Waals surface area contributed by atoms with Gasteiger partial charge in [-0.2, -0.15) is 0 Å². The predicted octanol–water partition coefficient (Wildman–Crippen LogP) is -2.01. The average molecular weight is 160 g/mol. The van der Waals surface area contributed by atoms with Crippen molar-refractivity contribution in [3.05, 3.63) is 0 Å². The molecule has 0 saturated heterocycles. The monoisotopic (exact) mass is 160 g/mol. The van der Waals surface area contributed by atoms with Gasteiger partial charge >= 0.3 is 11.9 Å². The minimum Gasteiger partial charge on any atom is -0.479 e. The molecule has 2 unspecified atom stereocenters. The summed E-state index contributed by atoms with van der Waals surface area (Å²) in [6.07, 6.45) is -4.09. The number of hydrogen-bond acceptors (Lipinski definition) is 4. The van der Waals surface area contributed by atoms with E-state index < -0.39 is 24.1 Å². The molecular formula is C4H5BO6. The van der Waals surface area contributed by atoms with Crippen LogP contribution in [0.4, 0.5) is 0 Å². The quantitative estimate of drug-likeness (QED) is 0.410. The zero-order valence-electron chi connectivity index (χ0n) is 5.30. The van der Waals surface area contributed by atoms with Crippen LogP contribution in [-0.2, 0) is 14.2 Å². The smallest absolute Gasteiger partial charge is 0.335 e. The molecule has 0 rings (SSSR count). The van der Waals surface area contributed by atoms with Gasteiger partial charge in [0.15, 0.2) is 12.2 Å². The van der Waals surface area contributed by atoms with E-state index in [1.807, 2.05) is 0 Å². The number of carbonyl (C=O) groups is 2. The van der Waals surface area contributed by atoms with Gasteiger partial charge in [-0.15, -0.1) is 0 Å². The van der Waals surface area contributed by atoms with Crippen LogP contribution >= 0.6 is 0 Å². The van der Waals surface area contributed by atoms with Gasteiger partial charge in [0, 0.05) is 0 Å². The van der Waals surface area contributed by atoms with Crippen molar-refractivity contribution >= 4 is 20.0 Å². The van der Waals surface area contributed by atoms with Crippen molar-refractivity contribution in [2.75, 3.05) is 0 Å². The highest BCUT2D eigenvalue weighted by molar-refractivity contribution is 6.00. The summed E-state index contributed by atoms with van der Waals surface area (Å²) in [7, 11) is 4.41. The van der Waals surface area contributed by atoms with Crippen LogP contribution in [0, 0.1) is 0 Å². The number of carboxylic acid groups (broad SMARTS) is 2. The minimum atomic E-state index is -2.16.